The molecule has 37 heavy (non-hydrogen) atoms. The maximum absolute atomic E-state index is 6.22. The smallest absolute Gasteiger partial charge is 0.123 e. The maximum atomic E-state index is 6.22. The van der Waals surface area contributed by atoms with Crippen LogP contribution in [-0.2, 0) is 26.2 Å². The van der Waals surface area contributed by atoms with E-state index >= 15 is 0 Å². The Morgan fingerprint density at radius 1 is 0.486 bits per heavy atom. The molecular weight excluding hydrogens is 456 g/mol. The number of benzene rings is 4. The summed E-state index contributed by atoms with van der Waals surface area (Å²) in [5.74, 6) is 1.89. The van der Waals surface area contributed by atoms with Gasteiger partial charge in [0.2, 0.25) is 0 Å². The number of para-hydroxylation sites is 2. The second-order valence-electron chi connectivity index (χ2n) is 9.66. The van der Waals surface area contributed by atoms with Crippen molar-refractivity contribution in [3.8, 4) is 11.5 Å². The highest BCUT2D eigenvalue weighted by molar-refractivity contribution is 5.34. The van der Waals surface area contributed by atoms with Crippen LogP contribution >= 0.6 is 0 Å². The average molecular weight is 493 g/mol. The van der Waals surface area contributed by atoms with E-state index in [1.165, 1.54) is 22.3 Å². The lowest BCUT2D eigenvalue weighted by Crippen LogP contribution is -2.29. The third kappa shape index (κ3) is 7.45. The largest absolute Gasteiger partial charge is 0.490 e. The zero-order valence-electron chi connectivity index (χ0n) is 21.5. The number of hydrogen-bond acceptors (Lipinski definition) is 4. The summed E-state index contributed by atoms with van der Waals surface area (Å²) in [6.45, 7) is 6.57. The topological polar surface area (TPSA) is 24.9 Å². The lowest BCUT2D eigenvalue weighted by molar-refractivity contribution is 0.205. The van der Waals surface area contributed by atoms with Gasteiger partial charge in [-0.15, -0.1) is 0 Å². The molecule has 1 heterocycles. The van der Waals surface area contributed by atoms with Gasteiger partial charge in [0.05, 0.1) is 0 Å². The fourth-order valence-electron chi connectivity index (χ4n) is 4.96. The number of fused-ring (bicyclic) bond motifs is 2. The zero-order valence-corrected chi connectivity index (χ0v) is 21.5. The summed E-state index contributed by atoms with van der Waals surface area (Å²) in [6, 6.07) is 38.3. The van der Waals surface area contributed by atoms with E-state index in [1.54, 1.807) is 0 Å². The highest BCUT2D eigenvalue weighted by atomic mass is 16.5. The van der Waals surface area contributed by atoms with Crippen molar-refractivity contribution in [2.75, 3.05) is 26.3 Å². The molecule has 4 aromatic rings. The van der Waals surface area contributed by atoms with Crippen LogP contribution in [0, 0.1) is 0 Å². The molecule has 0 atom stereocenters. The second kappa shape index (κ2) is 13.1. The first kappa shape index (κ1) is 25.1. The van der Waals surface area contributed by atoms with Crippen molar-refractivity contribution in [3.05, 3.63) is 131 Å². The quantitative estimate of drug-likeness (QED) is 0.322. The minimum Gasteiger partial charge on any atom is -0.490 e. The molecule has 0 spiro atoms. The van der Waals surface area contributed by atoms with Crippen molar-refractivity contribution in [2.24, 2.45) is 0 Å². The molecule has 5 rings (SSSR count). The molecule has 1 aliphatic rings. The van der Waals surface area contributed by atoms with Crippen molar-refractivity contribution in [1.29, 1.82) is 0 Å². The predicted molar refractivity (Wildman–Crippen MR) is 150 cm³/mol. The summed E-state index contributed by atoms with van der Waals surface area (Å²) in [6.07, 6.45) is 1.08. The van der Waals surface area contributed by atoms with Crippen molar-refractivity contribution < 1.29 is 9.47 Å². The van der Waals surface area contributed by atoms with Crippen LogP contribution in [0.1, 0.15) is 28.7 Å². The molecule has 0 saturated heterocycles. The maximum Gasteiger partial charge on any atom is 0.123 e. The van der Waals surface area contributed by atoms with Gasteiger partial charge in [-0.2, -0.15) is 0 Å². The van der Waals surface area contributed by atoms with Crippen LogP contribution in [0.3, 0.4) is 0 Å². The summed E-state index contributed by atoms with van der Waals surface area (Å²) in [5, 5.41) is 0. The van der Waals surface area contributed by atoms with E-state index in [2.05, 4.69) is 107 Å². The molecule has 4 aromatic carbocycles. The monoisotopic (exact) mass is 492 g/mol. The molecule has 0 fully saturated rings. The first-order chi connectivity index (χ1) is 18.3. The number of hydrogen-bond donors (Lipinski definition) is 0. The van der Waals surface area contributed by atoms with Gasteiger partial charge in [-0.3, -0.25) is 9.80 Å². The summed E-state index contributed by atoms with van der Waals surface area (Å²) in [7, 11) is 0. The van der Waals surface area contributed by atoms with Gasteiger partial charge in [0.15, 0.2) is 0 Å². The Bertz CT molecular complexity index is 1130. The van der Waals surface area contributed by atoms with Crippen LogP contribution < -0.4 is 9.47 Å². The Labute approximate surface area is 221 Å². The molecular formula is C33H36N2O2. The fourth-order valence-corrected chi connectivity index (χ4v) is 4.96. The van der Waals surface area contributed by atoms with Crippen LogP contribution in [0.15, 0.2) is 109 Å². The van der Waals surface area contributed by atoms with Gasteiger partial charge in [0.1, 0.15) is 24.7 Å². The Morgan fingerprint density at radius 2 is 0.892 bits per heavy atom. The van der Waals surface area contributed by atoms with Gasteiger partial charge >= 0.3 is 0 Å². The van der Waals surface area contributed by atoms with E-state index in [4.69, 9.17) is 9.47 Å². The van der Waals surface area contributed by atoms with Crippen molar-refractivity contribution in [2.45, 2.75) is 32.6 Å². The molecule has 0 saturated carbocycles. The van der Waals surface area contributed by atoms with Crippen molar-refractivity contribution in [3.63, 3.8) is 0 Å². The van der Waals surface area contributed by atoms with Gasteiger partial charge in [-0.1, -0.05) is 97.1 Å². The standard InChI is InChI=1S/C33H36N2O2/c1-3-12-28(13-4-1)24-34-20-11-21-35(25-29-14-5-2-6-15-29)27-31-17-8-10-19-33(31)37-23-22-36-32-18-9-7-16-30(32)26-34/h1-10,12-19H,11,20-27H2. The van der Waals surface area contributed by atoms with Crippen LogP contribution in [0.25, 0.3) is 0 Å². The van der Waals surface area contributed by atoms with E-state index < -0.39 is 0 Å². The first-order valence-corrected chi connectivity index (χ1v) is 13.3. The van der Waals surface area contributed by atoms with Crippen LogP contribution in [0.4, 0.5) is 0 Å². The van der Waals surface area contributed by atoms with Gasteiger partial charge in [0.25, 0.3) is 0 Å². The molecule has 190 valence electrons. The Morgan fingerprint density at radius 3 is 1.35 bits per heavy atom. The number of rotatable bonds is 4. The van der Waals surface area contributed by atoms with E-state index in [1.807, 2.05) is 12.1 Å². The second-order valence-corrected chi connectivity index (χ2v) is 9.66. The number of ether oxygens (including phenoxy) is 2. The molecule has 4 heteroatoms. The van der Waals surface area contributed by atoms with E-state index in [0.29, 0.717) is 13.2 Å². The molecule has 0 amide bonds. The molecule has 1 aliphatic heterocycles. The Kier molecular flexibility index (Phi) is 8.87. The third-order valence-electron chi connectivity index (χ3n) is 6.78. The predicted octanol–water partition coefficient (Wildman–Crippen LogP) is 6.55. The first-order valence-electron chi connectivity index (χ1n) is 13.3. The highest BCUT2D eigenvalue weighted by Crippen LogP contribution is 2.24. The van der Waals surface area contributed by atoms with Crippen LogP contribution in [0.5, 0.6) is 11.5 Å². The van der Waals surface area contributed by atoms with Crippen LogP contribution in [0.2, 0.25) is 0 Å². The Hall–Kier alpha value is -3.60. The summed E-state index contributed by atoms with van der Waals surface area (Å²) in [4.78, 5) is 5.09. The van der Waals surface area contributed by atoms with Crippen LogP contribution in [-0.4, -0.2) is 36.1 Å². The lowest BCUT2D eigenvalue weighted by atomic mass is 10.1. The third-order valence-corrected chi connectivity index (χ3v) is 6.78. The molecule has 0 aliphatic carbocycles. The molecule has 0 unspecified atom stereocenters. The zero-order chi connectivity index (χ0) is 25.1. The number of nitrogens with zero attached hydrogens (tertiary/aromatic N) is 2. The molecule has 0 radical (unpaired) electrons. The van der Waals surface area contributed by atoms with Gasteiger partial charge in [-0.05, 0) is 29.7 Å². The van der Waals surface area contributed by atoms with Crippen molar-refractivity contribution >= 4 is 0 Å². The summed E-state index contributed by atoms with van der Waals surface area (Å²) < 4.78 is 12.4. The molecule has 4 nitrogen and oxygen atoms in total. The van der Waals surface area contributed by atoms with Crippen molar-refractivity contribution in [1.82, 2.24) is 9.80 Å². The van der Waals surface area contributed by atoms with Gasteiger partial charge < -0.3 is 9.47 Å². The normalized spacial score (nSPS) is 15.8. The van der Waals surface area contributed by atoms with E-state index in [-0.39, 0.29) is 0 Å². The minimum atomic E-state index is 0.512. The minimum absolute atomic E-state index is 0.512. The lowest BCUT2D eigenvalue weighted by Gasteiger charge is -2.27. The Balaban J connectivity index is 1.40. The molecule has 0 bridgehead atoms. The van der Waals surface area contributed by atoms with E-state index in [0.717, 1.165) is 57.2 Å². The molecule has 0 aromatic heterocycles. The summed E-state index contributed by atoms with van der Waals surface area (Å²) >= 11 is 0. The highest BCUT2D eigenvalue weighted by Gasteiger charge is 2.15. The average Bonchev–Trinajstić information content (AvgIpc) is 2.94. The fraction of sp³-hybridized carbons (Fsp3) is 0.273. The van der Waals surface area contributed by atoms with Gasteiger partial charge in [-0.25, -0.2) is 0 Å². The van der Waals surface area contributed by atoms with Gasteiger partial charge in [0, 0.05) is 50.4 Å². The summed E-state index contributed by atoms with van der Waals surface area (Å²) in [5.41, 5.74) is 5.11. The molecule has 0 N–H and O–H groups in total. The van der Waals surface area contributed by atoms with E-state index in [9.17, 15) is 0 Å². The SMILES string of the molecule is c1ccc(CN2CCCN(Cc3ccccc3)Cc3ccccc3OCCOc3ccccc3C2)cc1.